The predicted octanol–water partition coefficient (Wildman–Crippen LogP) is 4.19. The van der Waals surface area contributed by atoms with Gasteiger partial charge in [0.15, 0.2) is 0 Å². The molecule has 0 saturated carbocycles. The van der Waals surface area contributed by atoms with Gasteiger partial charge in [0.05, 0.1) is 4.90 Å². The second kappa shape index (κ2) is 7.82. The van der Waals surface area contributed by atoms with Crippen LogP contribution in [0.5, 0.6) is 0 Å². The SMILES string of the molecule is CC(O)(CNS(=O)(=O)c1ccc(Cl)cc1)c1ccc(-c2ccccc2)cc1. The molecule has 4 nitrogen and oxygen atoms in total. The van der Waals surface area contributed by atoms with Crippen LogP contribution in [0, 0.1) is 0 Å². The minimum absolute atomic E-state index is 0.0992. The van der Waals surface area contributed by atoms with E-state index in [1.165, 1.54) is 24.3 Å². The summed E-state index contributed by atoms with van der Waals surface area (Å²) >= 11 is 5.79. The quantitative estimate of drug-likeness (QED) is 0.650. The number of nitrogens with one attached hydrogen (secondary N) is 1. The largest absolute Gasteiger partial charge is 0.384 e. The molecule has 0 aliphatic rings. The highest BCUT2D eigenvalue weighted by molar-refractivity contribution is 7.89. The fraction of sp³-hybridized carbons (Fsp3) is 0.143. The molecule has 0 radical (unpaired) electrons. The van der Waals surface area contributed by atoms with Crippen molar-refractivity contribution in [3.05, 3.63) is 89.4 Å². The number of hydrogen-bond acceptors (Lipinski definition) is 3. The summed E-state index contributed by atoms with van der Waals surface area (Å²) < 4.78 is 27.2. The summed E-state index contributed by atoms with van der Waals surface area (Å²) in [6.45, 7) is 1.43. The lowest BCUT2D eigenvalue weighted by Gasteiger charge is -2.24. The van der Waals surface area contributed by atoms with Crippen LogP contribution in [0.3, 0.4) is 0 Å². The number of hydrogen-bond donors (Lipinski definition) is 2. The van der Waals surface area contributed by atoms with E-state index in [0.717, 1.165) is 11.1 Å². The maximum Gasteiger partial charge on any atom is 0.240 e. The first-order valence-corrected chi connectivity index (χ1v) is 10.3. The number of aliphatic hydroxyl groups is 1. The summed E-state index contributed by atoms with van der Waals surface area (Å²) in [5, 5.41) is 11.2. The zero-order valence-corrected chi connectivity index (χ0v) is 16.3. The van der Waals surface area contributed by atoms with Crippen molar-refractivity contribution in [1.29, 1.82) is 0 Å². The van der Waals surface area contributed by atoms with Gasteiger partial charge in [-0.25, -0.2) is 13.1 Å². The van der Waals surface area contributed by atoms with Crippen molar-refractivity contribution in [2.45, 2.75) is 17.4 Å². The third kappa shape index (κ3) is 4.76. The minimum Gasteiger partial charge on any atom is -0.384 e. The highest BCUT2D eigenvalue weighted by Crippen LogP contribution is 2.25. The van der Waals surface area contributed by atoms with E-state index in [4.69, 9.17) is 11.6 Å². The van der Waals surface area contributed by atoms with Crippen molar-refractivity contribution in [1.82, 2.24) is 4.72 Å². The number of sulfonamides is 1. The molecule has 0 bridgehead atoms. The van der Waals surface area contributed by atoms with Gasteiger partial charge in [0.25, 0.3) is 0 Å². The molecule has 3 rings (SSSR count). The van der Waals surface area contributed by atoms with E-state index >= 15 is 0 Å². The zero-order chi connectivity index (χ0) is 19.5. The zero-order valence-electron chi connectivity index (χ0n) is 14.8. The molecule has 1 atom stereocenters. The molecule has 0 aromatic heterocycles. The van der Waals surface area contributed by atoms with Gasteiger partial charge in [0.2, 0.25) is 10.0 Å². The van der Waals surface area contributed by atoms with Crippen LogP contribution in [0.25, 0.3) is 11.1 Å². The molecule has 0 amide bonds. The van der Waals surface area contributed by atoms with Gasteiger partial charge in [0.1, 0.15) is 5.60 Å². The molecular formula is C21H20ClNO3S. The predicted molar refractivity (Wildman–Crippen MR) is 108 cm³/mol. The van der Waals surface area contributed by atoms with Crippen LogP contribution >= 0.6 is 11.6 Å². The standard InChI is InChI=1S/C21H20ClNO3S/c1-21(24,15-23-27(25,26)20-13-11-19(22)12-14-20)18-9-7-17(8-10-18)16-5-3-2-4-6-16/h2-14,23-24H,15H2,1H3. The summed E-state index contributed by atoms with van der Waals surface area (Å²) in [5.41, 5.74) is 1.37. The maximum atomic E-state index is 12.4. The van der Waals surface area contributed by atoms with Crippen LogP contribution in [-0.4, -0.2) is 20.1 Å². The van der Waals surface area contributed by atoms with E-state index in [1.54, 1.807) is 19.1 Å². The van der Waals surface area contributed by atoms with E-state index in [2.05, 4.69) is 4.72 Å². The summed E-state index contributed by atoms with van der Waals surface area (Å²) in [5.74, 6) is 0. The van der Waals surface area contributed by atoms with Crippen molar-refractivity contribution in [2.24, 2.45) is 0 Å². The first-order chi connectivity index (χ1) is 12.8. The second-order valence-electron chi connectivity index (χ2n) is 6.50. The van der Waals surface area contributed by atoms with Gasteiger partial charge < -0.3 is 5.11 Å². The lowest BCUT2D eigenvalue weighted by molar-refractivity contribution is 0.0627. The summed E-state index contributed by atoms with van der Waals surface area (Å²) in [7, 11) is -3.74. The molecule has 27 heavy (non-hydrogen) atoms. The fourth-order valence-electron chi connectivity index (χ4n) is 2.69. The van der Waals surface area contributed by atoms with Crippen LogP contribution in [0.4, 0.5) is 0 Å². The Balaban J connectivity index is 1.73. The minimum atomic E-state index is -3.74. The van der Waals surface area contributed by atoms with E-state index in [0.29, 0.717) is 10.6 Å². The van der Waals surface area contributed by atoms with Gasteiger partial charge in [-0.1, -0.05) is 66.2 Å². The van der Waals surface area contributed by atoms with E-state index in [-0.39, 0.29) is 11.4 Å². The highest BCUT2D eigenvalue weighted by Gasteiger charge is 2.26. The molecule has 1 unspecified atom stereocenters. The molecule has 0 fully saturated rings. The molecule has 0 aliphatic carbocycles. The van der Waals surface area contributed by atoms with Crippen LogP contribution < -0.4 is 4.72 Å². The molecule has 6 heteroatoms. The topological polar surface area (TPSA) is 66.4 Å². The van der Waals surface area contributed by atoms with Crippen LogP contribution in [0.2, 0.25) is 5.02 Å². The van der Waals surface area contributed by atoms with Crippen molar-refractivity contribution in [3.8, 4) is 11.1 Å². The van der Waals surface area contributed by atoms with Crippen molar-refractivity contribution in [2.75, 3.05) is 6.54 Å². The molecule has 140 valence electrons. The highest BCUT2D eigenvalue weighted by atomic mass is 35.5. The average molecular weight is 402 g/mol. The average Bonchev–Trinajstić information content (AvgIpc) is 2.68. The molecule has 0 spiro atoms. The van der Waals surface area contributed by atoms with Crippen LogP contribution in [0.15, 0.2) is 83.8 Å². The van der Waals surface area contributed by atoms with Gasteiger partial charge in [0, 0.05) is 11.6 Å². The molecule has 0 aliphatic heterocycles. The Bertz CT molecular complexity index is 1000. The van der Waals surface area contributed by atoms with Gasteiger partial charge in [-0.05, 0) is 47.9 Å². The van der Waals surface area contributed by atoms with Crippen molar-refractivity contribution in [3.63, 3.8) is 0 Å². The molecular weight excluding hydrogens is 382 g/mol. The summed E-state index contributed by atoms with van der Waals surface area (Å²) in [6, 6.07) is 23.2. The van der Waals surface area contributed by atoms with E-state index in [9.17, 15) is 13.5 Å². The Morgan fingerprint density at radius 3 is 2.04 bits per heavy atom. The Morgan fingerprint density at radius 1 is 0.889 bits per heavy atom. The number of halogens is 1. The van der Waals surface area contributed by atoms with Crippen molar-refractivity contribution >= 4 is 21.6 Å². The third-order valence-electron chi connectivity index (χ3n) is 4.34. The Labute approximate surface area is 164 Å². The first kappa shape index (κ1) is 19.6. The Hall–Kier alpha value is -2.18. The lowest BCUT2D eigenvalue weighted by Crippen LogP contribution is -2.38. The Kier molecular flexibility index (Phi) is 5.67. The second-order valence-corrected chi connectivity index (χ2v) is 8.70. The third-order valence-corrected chi connectivity index (χ3v) is 6.01. The van der Waals surface area contributed by atoms with Crippen molar-refractivity contribution < 1.29 is 13.5 Å². The number of benzene rings is 3. The van der Waals surface area contributed by atoms with Crippen LogP contribution in [0.1, 0.15) is 12.5 Å². The van der Waals surface area contributed by atoms with E-state index < -0.39 is 15.6 Å². The smallest absolute Gasteiger partial charge is 0.240 e. The molecule has 2 N–H and O–H groups in total. The van der Waals surface area contributed by atoms with E-state index in [1.807, 2.05) is 42.5 Å². The normalized spacial score (nSPS) is 13.9. The van der Waals surface area contributed by atoms with Gasteiger partial charge in [-0.15, -0.1) is 0 Å². The maximum absolute atomic E-state index is 12.4. The monoisotopic (exact) mass is 401 g/mol. The van der Waals surface area contributed by atoms with Gasteiger partial charge in [-0.3, -0.25) is 0 Å². The molecule has 3 aromatic rings. The summed E-state index contributed by atoms with van der Waals surface area (Å²) in [6.07, 6.45) is 0. The van der Waals surface area contributed by atoms with Gasteiger partial charge >= 0.3 is 0 Å². The van der Waals surface area contributed by atoms with Crippen LogP contribution in [-0.2, 0) is 15.6 Å². The molecule has 0 saturated heterocycles. The molecule has 0 heterocycles. The molecule has 3 aromatic carbocycles. The van der Waals surface area contributed by atoms with Gasteiger partial charge in [-0.2, -0.15) is 0 Å². The summed E-state index contributed by atoms with van der Waals surface area (Å²) in [4.78, 5) is 0.0992. The fourth-order valence-corrected chi connectivity index (χ4v) is 3.95. The first-order valence-electron chi connectivity index (χ1n) is 8.41. The lowest BCUT2D eigenvalue weighted by atomic mass is 9.94. The number of rotatable bonds is 6. The Morgan fingerprint density at radius 2 is 1.44 bits per heavy atom.